The molecule has 2 amide bonds. The van der Waals surface area contributed by atoms with Crippen molar-refractivity contribution < 1.29 is 9.59 Å². The summed E-state index contributed by atoms with van der Waals surface area (Å²) in [5.74, 6) is 0.441. The van der Waals surface area contributed by atoms with Crippen LogP contribution in [0.15, 0.2) is 36.5 Å². The van der Waals surface area contributed by atoms with Crippen LogP contribution in [0.2, 0.25) is 0 Å². The van der Waals surface area contributed by atoms with Gasteiger partial charge in [-0.15, -0.1) is 0 Å². The second kappa shape index (κ2) is 11.3. The summed E-state index contributed by atoms with van der Waals surface area (Å²) in [6.07, 6.45) is 6.20. The zero-order chi connectivity index (χ0) is 22.2. The fourth-order valence-corrected chi connectivity index (χ4v) is 4.79. The number of hydrogen-bond acceptors (Lipinski definition) is 4. The third kappa shape index (κ3) is 7.39. The number of allylic oxidation sites excluding steroid dienone is 1. The van der Waals surface area contributed by atoms with Gasteiger partial charge in [0, 0.05) is 50.8 Å². The SMILES string of the molecule is C=C(NCC(=O)N1CCN(Cc2ccc(C)cc2)CC1)C(CC(N)=O)CC1CCCC1. The molecule has 1 unspecified atom stereocenters. The van der Waals surface area contributed by atoms with Gasteiger partial charge in [0.1, 0.15) is 0 Å². The van der Waals surface area contributed by atoms with Crippen molar-refractivity contribution in [3.8, 4) is 0 Å². The molecule has 0 radical (unpaired) electrons. The Labute approximate surface area is 186 Å². The first-order chi connectivity index (χ1) is 14.9. The van der Waals surface area contributed by atoms with Crippen molar-refractivity contribution in [2.24, 2.45) is 17.6 Å². The van der Waals surface area contributed by atoms with Crippen molar-refractivity contribution in [3.63, 3.8) is 0 Å². The molecule has 3 rings (SSSR count). The molecule has 1 aliphatic carbocycles. The van der Waals surface area contributed by atoms with E-state index in [1.165, 1.54) is 36.8 Å². The van der Waals surface area contributed by atoms with Crippen LogP contribution < -0.4 is 11.1 Å². The van der Waals surface area contributed by atoms with E-state index in [0.717, 1.165) is 44.8 Å². The number of nitrogens with two attached hydrogens (primary N) is 1. The molecule has 1 aromatic rings. The molecule has 0 spiro atoms. The molecular formula is C25H38N4O2. The van der Waals surface area contributed by atoms with E-state index >= 15 is 0 Å². The van der Waals surface area contributed by atoms with Crippen molar-refractivity contribution in [2.75, 3.05) is 32.7 Å². The maximum absolute atomic E-state index is 12.7. The number of nitrogens with one attached hydrogen (secondary N) is 1. The normalized spacial score (nSPS) is 18.7. The molecule has 1 saturated heterocycles. The van der Waals surface area contributed by atoms with E-state index < -0.39 is 0 Å². The maximum atomic E-state index is 12.7. The zero-order valence-corrected chi connectivity index (χ0v) is 18.9. The lowest BCUT2D eigenvalue weighted by atomic mass is 9.88. The van der Waals surface area contributed by atoms with Gasteiger partial charge < -0.3 is 16.0 Å². The quantitative estimate of drug-likeness (QED) is 0.603. The molecule has 1 saturated carbocycles. The Morgan fingerprint density at radius 3 is 2.39 bits per heavy atom. The van der Waals surface area contributed by atoms with Gasteiger partial charge in [0.25, 0.3) is 0 Å². The van der Waals surface area contributed by atoms with Gasteiger partial charge in [-0.25, -0.2) is 0 Å². The topological polar surface area (TPSA) is 78.7 Å². The molecule has 1 heterocycles. The standard InChI is InChI=1S/C25H38N4O2/c1-19-7-9-22(10-8-19)18-28-11-13-29(14-12-28)25(31)17-27-20(2)23(16-24(26)30)15-21-5-3-4-6-21/h7-10,21,23,27H,2-6,11-18H2,1H3,(H2,26,30). The second-order valence-electron chi connectivity index (χ2n) is 9.27. The summed E-state index contributed by atoms with van der Waals surface area (Å²) in [6, 6.07) is 8.64. The summed E-state index contributed by atoms with van der Waals surface area (Å²) in [7, 11) is 0. The predicted octanol–water partition coefficient (Wildman–Crippen LogP) is 2.81. The zero-order valence-electron chi connectivity index (χ0n) is 18.9. The molecular weight excluding hydrogens is 388 g/mol. The lowest BCUT2D eigenvalue weighted by Crippen LogP contribution is -2.50. The van der Waals surface area contributed by atoms with E-state index in [0.29, 0.717) is 12.3 Å². The highest BCUT2D eigenvalue weighted by Crippen LogP contribution is 2.33. The van der Waals surface area contributed by atoms with E-state index in [1.54, 1.807) is 0 Å². The Balaban J connectivity index is 1.41. The van der Waals surface area contributed by atoms with Crippen LogP contribution in [0.1, 0.15) is 49.7 Å². The average molecular weight is 427 g/mol. The molecule has 3 N–H and O–H groups in total. The minimum absolute atomic E-state index is 0.0137. The highest BCUT2D eigenvalue weighted by Gasteiger charge is 2.25. The van der Waals surface area contributed by atoms with Crippen molar-refractivity contribution >= 4 is 11.8 Å². The summed E-state index contributed by atoms with van der Waals surface area (Å²) in [5.41, 5.74) is 8.83. The van der Waals surface area contributed by atoms with Crippen LogP contribution in [0.3, 0.4) is 0 Å². The smallest absolute Gasteiger partial charge is 0.241 e. The minimum atomic E-state index is -0.304. The van der Waals surface area contributed by atoms with E-state index in [2.05, 4.69) is 48.0 Å². The van der Waals surface area contributed by atoms with E-state index in [1.807, 2.05) is 4.90 Å². The van der Waals surface area contributed by atoms with Gasteiger partial charge >= 0.3 is 0 Å². The van der Waals surface area contributed by atoms with E-state index in [-0.39, 0.29) is 24.3 Å². The van der Waals surface area contributed by atoms with Gasteiger partial charge in [-0.3, -0.25) is 14.5 Å². The fourth-order valence-electron chi connectivity index (χ4n) is 4.79. The highest BCUT2D eigenvalue weighted by molar-refractivity contribution is 5.78. The summed E-state index contributed by atoms with van der Waals surface area (Å²) in [5, 5.41) is 3.21. The largest absolute Gasteiger partial charge is 0.380 e. The number of nitrogens with zero attached hydrogens (tertiary/aromatic N) is 2. The van der Waals surface area contributed by atoms with Gasteiger partial charge in [0.05, 0.1) is 6.54 Å². The van der Waals surface area contributed by atoms with Crippen LogP contribution in [0, 0.1) is 18.8 Å². The molecule has 2 fully saturated rings. The van der Waals surface area contributed by atoms with Crippen LogP contribution in [0.4, 0.5) is 0 Å². The number of carbonyl (C=O) groups excluding carboxylic acids is 2. The van der Waals surface area contributed by atoms with Crippen molar-refractivity contribution in [1.29, 1.82) is 0 Å². The second-order valence-corrected chi connectivity index (χ2v) is 9.27. The minimum Gasteiger partial charge on any atom is -0.380 e. The van der Waals surface area contributed by atoms with E-state index in [9.17, 15) is 9.59 Å². The van der Waals surface area contributed by atoms with Gasteiger partial charge in [-0.1, -0.05) is 62.1 Å². The number of amides is 2. The number of rotatable bonds is 10. The van der Waals surface area contributed by atoms with E-state index in [4.69, 9.17) is 5.73 Å². The number of primary amides is 1. The Morgan fingerprint density at radius 1 is 1.13 bits per heavy atom. The molecule has 6 heteroatoms. The molecule has 31 heavy (non-hydrogen) atoms. The molecule has 1 atom stereocenters. The summed E-state index contributed by atoms with van der Waals surface area (Å²) in [6.45, 7) is 10.6. The summed E-state index contributed by atoms with van der Waals surface area (Å²) < 4.78 is 0. The van der Waals surface area contributed by atoms with Crippen molar-refractivity contribution in [1.82, 2.24) is 15.1 Å². The molecule has 1 aliphatic heterocycles. The Hall–Kier alpha value is -2.34. The fraction of sp³-hybridized carbons (Fsp3) is 0.600. The summed E-state index contributed by atoms with van der Waals surface area (Å²) in [4.78, 5) is 28.5. The van der Waals surface area contributed by atoms with Crippen molar-refractivity contribution in [3.05, 3.63) is 47.7 Å². The van der Waals surface area contributed by atoms with Crippen LogP contribution >= 0.6 is 0 Å². The van der Waals surface area contributed by atoms with Crippen LogP contribution in [0.25, 0.3) is 0 Å². The number of benzene rings is 1. The Bertz CT molecular complexity index is 747. The molecule has 170 valence electrons. The Morgan fingerprint density at radius 2 is 1.77 bits per heavy atom. The molecule has 1 aromatic carbocycles. The van der Waals surface area contributed by atoms with Crippen LogP contribution in [-0.2, 0) is 16.1 Å². The highest BCUT2D eigenvalue weighted by atomic mass is 16.2. The average Bonchev–Trinajstić information content (AvgIpc) is 3.26. The number of piperazine rings is 1. The first-order valence-corrected chi connectivity index (χ1v) is 11.7. The lowest BCUT2D eigenvalue weighted by Gasteiger charge is -2.35. The first kappa shape index (κ1) is 23.3. The van der Waals surface area contributed by atoms with Crippen LogP contribution in [0.5, 0.6) is 0 Å². The van der Waals surface area contributed by atoms with Gasteiger partial charge in [-0.05, 0) is 24.8 Å². The Kier molecular flexibility index (Phi) is 8.52. The van der Waals surface area contributed by atoms with Crippen LogP contribution in [-0.4, -0.2) is 54.3 Å². The molecule has 0 aromatic heterocycles. The van der Waals surface area contributed by atoms with Gasteiger partial charge in [0.2, 0.25) is 11.8 Å². The third-order valence-electron chi connectivity index (χ3n) is 6.75. The predicted molar refractivity (Wildman–Crippen MR) is 124 cm³/mol. The monoisotopic (exact) mass is 426 g/mol. The number of carbonyl (C=O) groups is 2. The number of hydrogen-bond donors (Lipinski definition) is 2. The molecule has 2 aliphatic rings. The maximum Gasteiger partial charge on any atom is 0.241 e. The first-order valence-electron chi connectivity index (χ1n) is 11.7. The van der Waals surface area contributed by atoms with Crippen molar-refractivity contribution in [2.45, 2.75) is 52.0 Å². The van der Waals surface area contributed by atoms with Gasteiger partial charge in [-0.2, -0.15) is 0 Å². The summed E-state index contributed by atoms with van der Waals surface area (Å²) >= 11 is 0. The molecule has 0 bridgehead atoms. The van der Waals surface area contributed by atoms with Gasteiger partial charge in [0.15, 0.2) is 0 Å². The molecule has 6 nitrogen and oxygen atoms in total. The lowest BCUT2D eigenvalue weighted by molar-refractivity contribution is -0.131. The number of aryl methyl sites for hydroxylation is 1. The third-order valence-corrected chi connectivity index (χ3v) is 6.75.